The van der Waals surface area contributed by atoms with Crippen LogP contribution in [-0.4, -0.2) is 24.4 Å². The molecule has 2 aromatic carbocycles. The molecule has 0 fully saturated rings. The first-order valence-corrected chi connectivity index (χ1v) is 8.56. The number of nitrogens with one attached hydrogen (secondary N) is 1. The molecular formula is C19H18N4OS. The highest BCUT2D eigenvalue weighted by molar-refractivity contribution is 7.71. The number of hydrogen-bond acceptors (Lipinski definition) is 3. The number of aromatic hydroxyl groups is 1. The van der Waals surface area contributed by atoms with E-state index in [-0.39, 0.29) is 5.75 Å². The van der Waals surface area contributed by atoms with E-state index in [0.29, 0.717) is 4.77 Å². The van der Waals surface area contributed by atoms with Crippen LogP contribution in [0.4, 0.5) is 0 Å². The molecule has 0 aliphatic carbocycles. The van der Waals surface area contributed by atoms with Crippen LogP contribution in [0.2, 0.25) is 0 Å². The first kappa shape index (κ1) is 15.7. The molecular weight excluding hydrogens is 332 g/mol. The maximum Gasteiger partial charge on any atom is 0.200 e. The molecule has 6 heteroatoms. The summed E-state index contributed by atoms with van der Waals surface area (Å²) in [6.07, 6.45) is 2.09. The van der Waals surface area contributed by atoms with E-state index in [1.165, 1.54) is 0 Å². The van der Waals surface area contributed by atoms with E-state index < -0.39 is 0 Å². The molecule has 0 saturated carbocycles. The quantitative estimate of drug-likeness (QED) is 0.532. The highest BCUT2D eigenvalue weighted by atomic mass is 32.1. The number of H-pyrrole nitrogens is 1. The van der Waals surface area contributed by atoms with Gasteiger partial charge in [0.25, 0.3) is 0 Å². The van der Waals surface area contributed by atoms with Crippen LogP contribution in [0.5, 0.6) is 5.75 Å². The summed E-state index contributed by atoms with van der Waals surface area (Å²) in [6.45, 7) is 4.99. The second kappa shape index (κ2) is 5.89. The first-order valence-electron chi connectivity index (χ1n) is 8.15. The lowest BCUT2D eigenvalue weighted by Crippen LogP contribution is -2.00. The van der Waals surface area contributed by atoms with Crippen molar-refractivity contribution in [3.63, 3.8) is 0 Å². The molecule has 0 aliphatic heterocycles. The molecule has 0 saturated heterocycles. The van der Waals surface area contributed by atoms with Crippen LogP contribution in [0.25, 0.3) is 28.0 Å². The highest BCUT2D eigenvalue weighted by Gasteiger charge is 2.16. The van der Waals surface area contributed by atoms with Crippen molar-refractivity contribution in [2.75, 3.05) is 0 Å². The number of rotatable bonds is 3. The van der Waals surface area contributed by atoms with Crippen LogP contribution in [0.1, 0.15) is 12.5 Å². The molecule has 126 valence electrons. The maximum absolute atomic E-state index is 9.69. The maximum atomic E-state index is 9.69. The normalized spacial score (nSPS) is 11.3. The minimum atomic E-state index is 0.240. The van der Waals surface area contributed by atoms with Gasteiger partial charge in [-0.15, -0.1) is 0 Å². The van der Waals surface area contributed by atoms with Gasteiger partial charge in [0.1, 0.15) is 5.75 Å². The average molecular weight is 350 g/mol. The average Bonchev–Trinajstić information content (AvgIpc) is 3.18. The summed E-state index contributed by atoms with van der Waals surface area (Å²) in [5, 5.41) is 18.2. The largest absolute Gasteiger partial charge is 0.508 e. The highest BCUT2D eigenvalue weighted by Crippen LogP contribution is 2.30. The lowest BCUT2D eigenvalue weighted by Gasteiger charge is -2.11. The Morgan fingerprint density at radius 1 is 1.20 bits per heavy atom. The Balaban J connectivity index is 2.01. The van der Waals surface area contributed by atoms with Crippen molar-refractivity contribution >= 4 is 23.1 Å². The van der Waals surface area contributed by atoms with Crippen molar-refractivity contribution in [3.8, 4) is 22.8 Å². The fourth-order valence-corrected chi connectivity index (χ4v) is 3.51. The van der Waals surface area contributed by atoms with Crippen molar-refractivity contribution in [3.05, 3.63) is 59.0 Å². The van der Waals surface area contributed by atoms with Crippen LogP contribution in [0.3, 0.4) is 0 Å². The van der Waals surface area contributed by atoms with Gasteiger partial charge in [0.15, 0.2) is 10.6 Å². The summed E-state index contributed by atoms with van der Waals surface area (Å²) in [6, 6.07) is 13.6. The minimum Gasteiger partial charge on any atom is -0.508 e. The van der Waals surface area contributed by atoms with E-state index >= 15 is 0 Å². The first-order chi connectivity index (χ1) is 12.1. The third-order valence-electron chi connectivity index (χ3n) is 4.50. The molecule has 2 heterocycles. The summed E-state index contributed by atoms with van der Waals surface area (Å²) >= 11 is 5.51. The molecule has 0 radical (unpaired) electrons. The number of fused-ring (bicyclic) bond motifs is 1. The molecule has 0 spiro atoms. The molecule has 0 unspecified atom stereocenters. The number of aromatic amines is 1. The molecule has 4 aromatic rings. The SMILES string of the molecule is CCn1ccc2c(-n3c(-c4ccc(O)cc4C)n[nH]c3=S)cccc21. The van der Waals surface area contributed by atoms with Gasteiger partial charge in [0.2, 0.25) is 0 Å². The molecule has 4 rings (SSSR count). The van der Waals surface area contributed by atoms with Crippen LogP contribution >= 0.6 is 12.2 Å². The van der Waals surface area contributed by atoms with Crippen molar-refractivity contribution in [2.24, 2.45) is 0 Å². The van der Waals surface area contributed by atoms with Gasteiger partial charge in [-0.1, -0.05) is 6.07 Å². The van der Waals surface area contributed by atoms with Gasteiger partial charge in [-0.05, 0) is 68.0 Å². The Bertz CT molecular complexity index is 1140. The number of nitrogens with zero attached hydrogens (tertiary/aromatic N) is 3. The second-order valence-corrected chi connectivity index (χ2v) is 6.39. The van der Waals surface area contributed by atoms with Gasteiger partial charge in [0, 0.05) is 23.7 Å². The summed E-state index contributed by atoms with van der Waals surface area (Å²) in [5.41, 5.74) is 4.02. The van der Waals surface area contributed by atoms with Crippen molar-refractivity contribution < 1.29 is 5.11 Å². The number of phenolic OH excluding ortho intramolecular Hbond substituents is 1. The molecule has 0 atom stereocenters. The lowest BCUT2D eigenvalue weighted by atomic mass is 10.1. The number of hydrogen-bond donors (Lipinski definition) is 2. The summed E-state index contributed by atoms with van der Waals surface area (Å²) in [7, 11) is 0. The number of benzene rings is 2. The number of aromatic nitrogens is 4. The van der Waals surface area contributed by atoms with E-state index in [2.05, 4.69) is 40.0 Å². The molecule has 0 aliphatic rings. The smallest absolute Gasteiger partial charge is 0.200 e. The molecule has 0 bridgehead atoms. The fraction of sp³-hybridized carbons (Fsp3) is 0.158. The van der Waals surface area contributed by atoms with Crippen molar-refractivity contribution in [2.45, 2.75) is 20.4 Å². The Morgan fingerprint density at radius 3 is 2.80 bits per heavy atom. The Labute approximate surface area is 150 Å². The van der Waals surface area contributed by atoms with Crippen LogP contribution < -0.4 is 0 Å². The van der Waals surface area contributed by atoms with E-state index in [4.69, 9.17) is 12.2 Å². The van der Waals surface area contributed by atoms with Gasteiger partial charge in [-0.3, -0.25) is 9.67 Å². The Morgan fingerprint density at radius 2 is 2.04 bits per heavy atom. The Kier molecular flexibility index (Phi) is 3.69. The third kappa shape index (κ3) is 2.46. The van der Waals surface area contributed by atoms with Gasteiger partial charge >= 0.3 is 0 Å². The fourth-order valence-electron chi connectivity index (χ4n) is 3.28. The standard InChI is InChI=1S/C19H18N4OS/c1-3-22-10-9-15-16(22)5-4-6-17(15)23-18(20-21-19(23)25)14-8-7-13(24)11-12(14)2/h4-11,24H,3H2,1-2H3,(H,21,25). The summed E-state index contributed by atoms with van der Waals surface area (Å²) in [4.78, 5) is 0. The number of aryl methyl sites for hydroxylation is 2. The predicted octanol–water partition coefficient (Wildman–Crippen LogP) is 4.59. The second-order valence-electron chi connectivity index (χ2n) is 6.00. The zero-order valence-electron chi connectivity index (χ0n) is 14.0. The van der Waals surface area contributed by atoms with Gasteiger partial charge < -0.3 is 9.67 Å². The predicted molar refractivity (Wildman–Crippen MR) is 102 cm³/mol. The third-order valence-corrected chi connectivity index (χ3v) is 4.77. The van der Waals surface area contributed by atoms with Crippen molar-refractivity contribution in [1.29, 1.82) is 0 Å². The zero-order valence-corrected chi connectivity index (χ0v) is 14.8. The summed E-state index contributed by atoms with van der Waals surface area (Å²) in [5.74, 6) is 0.975. The van der Waals surface area contributed by atoms with Crippen LogP contribution in [0.15, 0.2) is 48.7 Å². The van der Waals surface area contributed by atoms with Crippen LogP contribution in [-0.2, 0) is 6.54 Å². The van der Waals surface area contributed by atoms with E-state index in [1.807, 2.05) is 29.7 Å². The molecule has 0 amide bonds. The molecule has 5 nitrogen and oxygen atoms in total. The van der Waals surface area contributed by atoms with Gasteiger partial charge in [-0.25, -0.2) is 0 Å². The Hall–Kier alpha value is -2.86. The number of phenols is 1. The van der Waals surface area contributed by atoms with E-state index in [9.17, 15) is 5.11 Å². The monoisotopic (exact) mass is 350 g/mol. The molecule has 2 N–H and O–H groups in total. The lowest BCUT2D eigenvalue weighted by molar-refractivity contribution is 0.475. The van der Waals surface area contributed by atoms with Crippen LogP contribution in [0, 0.1) is 11.7 Å². The topological polar surface area (TPSA) is 58.8 Å². The van der Waals surface area contributed by atoms with E-state index in [1.54, 1.807) is 12.1 Å². The van der Waals surface area contributed by atoms with Gasteiger partial charge in [-0.2, -0.15) is 5.10 Å². The van der Waals surface area contributed by atoms with E-state index in [0.717, 1.165) is 40.1 Å². The van der Waals surface area contributed by atoms with Crippen molar-refractivity contribution in [1.82, 2.24) is 19.3 Å². The summed E-state index contributed by atoms with van der Waals surface area (Å²) < 4.78 is 4.70. The zero-order chi connectivity index (χ0) is 17.6. The molecule has 2 aromatic heterocycles. The molecule has 25 heavy (non-hydrogen) atoms. The minimum absolute atomic E-state index is 0.240. The van der Waals surface area contributed by atoms with Gasteiger partial charge in [0.05, 0.1) is 11.2 Å².